The predicted octanol–water partition coefficient (Wildman–Crippen LogP) is 1.40. The van der Waals surface area contributed by atoms with Gasteiger partial charge in [0.15, 0.2) is 0 Å². The summed E-state index contributed by atoms with van der Waals surface area (Å²) < 4.78 is 5.37. The molecule has 4 nitrogen and oxygen atoms in total. The highest BCUT2D eigenvalue weighted by Gasteiger charge is 2.24. The second kappa shape index (κ2) is 6.34. The zero-order valence-corrected chi connectivity index (χ0v) is 13.3. The average Bonchev–Trinajstić information content (AvgIpc) is 2.49. The highest BCUT2D eigenvalue weighted by molar-refractivity contribution is 5.60. The van der Waals surface area contributed by atoms with E-state index in [1.54, 1.807) is 7.11 Å². The summed E-state index contributed by atoms with van der Waals surface area (Å²) in [6.07, 6.45) is 3.20. The number of benzene rings is 1. The molecule has 1 aliphatic heterocycles. The molecule has 0 amide bonds. The third-order valence-corrected chi connectivity index (χ3v) is 4.88. The molecule has 0 spiro atoms. The molecule has 4 heteroatoms. The maximum Gasteiger partial charge on any atom is 0.0715 e. The van der Waals surface area contributed by atoms with Gasteiger partial charge in [0.1, 0.15) is 0 Å². The standard InChI is InChI=1S/C17H27N3O/c1-19-7-9-20(10-8-19)17-6-3-13(12-21-2)15-5-4-14(18)11-16(15)17/h3,6,14H,4-5,7-12,18H2,1-2H3. The van der Waals surface area contributed by atoms with Crippen molar-refractivity contribution in [2.45, 2.75) is 31.9 Å². The minimum absolute atomic E-state index is 0.307. The van der Waals surface area contributed by atoms with E-state index in [0.717, 1.165) is 45.4 Å². The Morgan fingerprint density at radius 3 is 2.67 bits per heavy atom. The second-order valence-corrected chi connectivity index (χ2v) is 6.43. The van der Waals surface area contributed by atoms with E-state index < -0.39 is 0 Å². The van der Waals surface area contributed by atoms with Crippen molar-refractivity contribution >= 4 is 5.69 Å². The van der Waals surface area contributed by atoms with Crippen LogP contribution in [0.5, 0.6) is 0 Å². The van der Waals surface area contributed by atoms with Crippen molar-refractivity contribution in [1.29, 1.82) is 0 Å². The van der Waals surface area contributed by atoms with E-state index in [4.69, 9.17) is 10.5 Å². The molecule has 0 bridgehead atoms. The monoisotopic (exact) mass is 289 g/mol. The van der Waals surface area contributed by atoms with Crippen LogP contribution in [0.25, 0.3) is 0 Å². The number of likely N-dealkylation sites (N-methyl/N-ethyl adjacent to an activating group) is 1. The van der Waals surface area contributed by atoms with Gasteiger partial charge in [0.05, 0.1) is 6.61 Å². The number of ether oxygens (including phenoxy) is 1. The molecule has 1 aliphatic carbocycles. The number of nitrogens with two attached hydrogens (primary N) is 1. The molecule has 1 heterocycles. The first-order chi connectivity index (χ1) is 10.2. The lowest BCUT2D eigenvalue weighted by Gasteiger charge is -2.37. The molecular formula is C17H27N3O. The molecule has 1 aromatic rings. The Morgan fingerprint density at radius 2 is 1.95 bits per heavy atom. The number of rotatable bonds is 3. The SMILES string of the molecule is COCc1ccc(N2CCN(C)CC2)c2c1CCC(N)C2. The second-order valence-electron chi connectivity index (χ2n) is 6.43. The van der Waals surface area contributed by atoms with Gasteiger partial charge < -0.3 is 20.3 Å². The number of hydrogen-bond donors (Lipinski definition) is 1. The van der Waals surface area contributed by atoms with Gasteiger partial charge in [-0.1, -0.05) is 6.07 Å². The molecule has 1 aromatic carbocycles. The van der Waals surface area contributed by atoms with Gasteiger partial charge >= 0.3 is 0 Å². The zero-order valence-electron chi connectivity index (χ0n) is 13.3. The third kappa shape index (κ3) is 3.07. The quantitative estimate of drug-likeness (QED) is 0.913. The lowest BCUT2D eigenvalue weighted by molar-refractivity contribution is 0.184. The van der Waals surface area contributed by atoms with Crippen molar-refractivity contribution in [2.24, 2.45) is 5.73 Å². The smallest absolute Gasteiger partial charge is 0.0715 e. The summed E-state index contributed by atoms with van der Waals surface area (Å²) in [5.74, 6) is 0. The fourth-order valence-corrected chi connectivity index (χ4v) is 3.60. The van der Waals surface area contributed by atoms with Crippen molar-refractivity contribution < 1.29 is 4.74 Å². The first-order valence-electron chi connectivity index (χ1n) is 8.00. The lowest BCUT2D eigenvalue weighted by atomic mass is 9.84. The summed E-state index contributed by atoms with van der Waals surface area (Å²) >= 11 is 0. The maximum absolute atomic E-state index is 6.24. The fourth-order valence-electron chi connectivity index (χ4n) is 3.60. The molecule has 2 N–H and O–H groups in total. The Balaban J connectivity index is 1.93. The van der Waals surface area contributed by atoms with E-state index in [0.29, 0.717) is 12.6 Å². The summed E-state index contributed by atoms with van der Waals surface area (Å²) in [6, 6.07) is 4.85. The van der Waals surface area contributed by atoms with Crippen molar-refractivity contribution in [3.05, 3.63) is 28.8 Å². The molecule has 3 rings (SSSR count). The predicted molar refractivity (Wildman–Crippen MR) is 86.9 cm³/mol. The topological polar surface area (TPSA) is 41.7 Å². The van der Waals surface area contributed by atoms with E-state index in [-0.39, 0.29) is 0 Å². The van der Waals surface area contributed by atoms with Crippen LogP contribution in [0.15, 0.2) is 12.1 Å². The summed E-state index contributed by atoms with van der Waals surface area (Å²) in [4.78, 5) is 4.93. The van der Waals surface area contributed by atoms with Crippen LogP contribution in [0.2, 0.25) is 0 Å². The van der Waals surface area contributed by atoms with Gasteiger partial charge in [0.2, 0.25) is 0 Å². The van der Waals surface area contributed by atoms with Crippen LogP contribution < -0.4 is 10.6 Å². The van der Waals surface area contributed by atoms with Crippen molar-refractivity contribution in [2.75, 3.05) is 45.2 Å². The normalized spacial score (nSPS) is 23.2. The maximum atomic E-state index is 6.24. The van der Waals surface area contributed by atoms with Gasteiger partial charge in [-0.15, -0.1) is 0 Å². The van der Waals surface area contributed by atoms with Gasteiger partial charge in [-0.2, -0.15) is 0 Å². The van der Waals surface area contributed by atoms with E-state index in [1.165, 1.54) is 22.4 Å². The molecule has 0 radical (unpaired) electrons. The van der Waals surface area contributed by atoms with Crippen molar-refractivity contribution in [3.63, 3.8) is 0 Å². The van der Waals surface area contributed by atoms with Crippen LogP contribution in [0, 0.1) is 0 Å². The minimum Gasteiger partial charge on any atom is -0.380 e. The van der Waals surface area contributed by atoms with Gasteiger partial charge in [-0.25, -0.2) is 0 Å². The molecule has 21 heavy (non-hydrogen) atoms. The number of anilines is 1. The van der Waals surface area contributed by atoms with Crippen LogP contribution >= 0.6 is 0 Å². The first kappa shape index (κ1) is 14.8. The van der Waals surface area contributed by atoms with Crippen LogP contribution in [0.1, 0.15) is 23.1 Å². The summed E-state index contributed by atoms with van der Waals surface area (Å²) in [7, 11) is 3.97. The third-order valence-electron chi connectivity index (χ3n) is 4.88. The number of piperazine rings is 1. The van der Waals surface area contributed by atoms with Gasteiger partial charge in [0, 0.05) is 45.0 Å². The molecule has 1 fully saturated rings. The Bertz CT molecular complexity index is 495. The summed E-state index contributed by atoms with van der Waals surface area (Å²) in [5, 5.41) is 0. The molecule has 116 valence electrons. The Hall–Kier alpha value is -1.10. The highest BCUT2D eigenvalue weighted by Crippen LogP contribution is 2.33. The van der Waals surface area contributed by atoms with Crippen molar-refractivity contribution in [1.82, 2.24) is 4.90 Å². The van der Waals surface area contributed by atoms with Crippen LogP contribution in [-0.4, -0.2) is 51.3 Å². The van der Waals surface area contributed by atoms with E-state index in [9.17, 15) is 0 Å². The van der Waals surface area contributed by atoms with E-state index in [2.05, 4.69) is 29.0 Å². The Labute approximate surface area is 127 Å². The molecule has 2 aliphatic rings. The fraction of sp³-hybridized carbons (Fsp3) is 0.647. The van der Waals surface area contributed by atoms with Crippen LogP contribution in [-0.2, 0) is 24.2 Å². The van der Waals surface area contributed by atoms with Gasteiger partial charge in [-0.3, -0.25) is 0 Å². The summed E-state index contributed by atoms with van der Waals surface area (Å²) in [6.45, 7) is 5.21. The largest absolute Gasteiger partial charge is 0.380 e. The van der Waals surface area contributed by atoms with Gasteiger partial charge in [0.25, 0.3) is 0 Å². The minimum atomic E-state index is 0.307. The number of methoxy groups -OCH3 is 1. The molecule has 1 unspecified atom stereocenters. The zero-order chi connectivity index (χ0) is 14.8. The van der Waals surface area contributed by atoms with Crippen LogP contribution in [0.3, 0.4) is 0 Å². The Morgan fingerprint density at radius 1 is 1.19 bits per heavy atom. The molecular weight excluding hydrogens is 262 g/mol. The van der Waals surface area contributed by atoms with Crippen molar-refractivity contribution in [3.8, 4) is 0 Å². The van der Waals surface area contributed by atoms with E-state index in [1.807, 2.05) is 0 Å². The van der Waals surface area contributed by atoms with Crippen LogP contribution in [0.4, 0.5) is 5.69 Å². The van der Waals surface area contributed by atoms with E-state index >= 15 is 0 Å². The molecule has 1 saturated heterocycles. The number of fused-ring (bicyclic) bond motifs is 1. The highest BCUT2D eigenvalue weighted by atomic mass is 16.5. The number of hydrogen-bond acceptors (Lipinski definition) is 4. The van der Waals surface area contributed by atoms with Gasteiger partial charge in [-0.05, 0) is 49.1 Å². The summed E-state index contributed by atoms with van der Waals surface area (Å²) in [5.41, 5.74) is 12.0. The molecule has 0 aromatic heterocycles. The lowest BCUT2D eigenvalue weighted by Crippen LogP contribution is -2.45. The average molecular weight is 289 g/mol. The Kier molecular flexibility index (Phi) is 4.48. The number of nitrogens with zero attached hydrogens (tertiary/aromatic N) is 2. The first-order valence-corrected chi connectivity index (χ1v) is 8.00. The molecule has 0 saturated carbocycles. The molecule has 1 atom stereocenters.